The van der Waals surface area contributed by atoms with Crippen molar-refractivity contribution in [3.63, 3.8) is 0 Å². The zero-order valence-corrected chi connectivity index (χ0v) is 16.9. The highest BCUT2D eigenvalue weighted by Crippen LogP contribution is 2.14. The minimum atomic E-state index is 0. The molecule has 1 aromatic carbocycles. The van der Waals surface area contributed by atoms with Crippen molar-refractivity contribution >= 4 is 29.9 Å². The second kappa shape index (κ2) is 10.9. The number of hydrogen-bond acceptors (Lipinski definition) is 2. The van der Waals surface area contributed by atoms with E-state index in [9.17, 15) is 0 Å². The summed E-state index contributed by atoms with van der Waals surface area (Å²) < 4.78 is 5.72. The molecule has 4 nitrogen and oxygen atoms in total. The molecule has 0 unspecified atom stereocenters. The van der Waals surface area contributed by atoms with Crippen LogP contribution in [0.3, 0.4) is 0 Å². The molecule has 1 aliphatic rings. The summed E-state index contributed by atoms with van der Waals surface area (Å²) >= 11 is 0. The van der Waals surface area contributed by atoms with E-state index in [-0.39, 0.29) is 24.0 Å². The van der Waals surface area contributed by atoms with E-state index >= 15 is 0 Å². The molecule has 5 heteroatoms. The molecule has 0 saturated carbocycles. The van der Waals surface area contributed by atoms with E-state index in [0.717, 1.165) is 51.5 Å². The Bertz CT molecular complexity index is 485. The quantitative estimate of drug-likeness (QED) is 0.441. The molecule has 130 valence electrons. The maximum absolute atomic E-state index is 5.72. The topological polar surface area (TPSA) is 36.9 Å². The Kier molecular flexibility index (Phi) is 9.55. The minimum absolute atomic E-state index is 0. The molecule has 0 atom stereocenters. The normalized spacial score (nSPS) is 16.1. The summed E-state index contributed by atoms with van der Waals surface area (Å²) in [5, 5.41) is 3.51. The fourth-order valence-electron chi connectivity index (χ4n) is 3.05. The molecule has 1 N–H and O–H groups in total. The fourth-order valence-corrected chi connectivity index (χ4v) is 3.05. The maximum Gasteiger partial charge on any atom is 0.193 e. The summed E-state index contributed by atoms with van der Waals surface area (Å²) in [5.41, 5.74) is 2.76. The number of nitrogens with one attached hydrogen (secondary N) is 1. The molecule has 0 bridgehead atoms. The number of ether oxygens (including phenoxy) is 1. The number of aliphatic imine (C=N–C) groups is 1. The number of hydrogen-bond donors (Lipinski definition) is 1. The highest BCUT2D eigenvalue weighted by atomic mass is 127. The largest absolute Gasteiger partial charge is 0.378 e. The van der Waals surface area contributed by atoms with E-state index in [2.05, 4.69) is 53.3 Å². The molecular weight excluding hydrogens is 401 g/mol. The molecule has 0 aromatic heterocycles. The second-order valence-corrected chi connectivity index (χ2v) is 5.66. The summed E-state index contributed by atoms with van der Waals surface area (Å²) in [6.07, 6.45) is 3.65. The number of benzene rings is 1. The summed E-state index contributed by atoms with van der Waals surface area (Å²) in [6, 6.07) is 8.61. The number of rotatable bonds is 5. The van der Waals surface area contributed by atoms with Crippen molar-refractivity contribution in [1.29, 1.82) is 0 Å². The predicted octanol–water partition coefficient (Wildman–Crippen LogP) is 3.44. The van der Waals surface area contributed by atoms with Gasteiger partial charge in [-0.2, -0.15) is 0 Å². The van der Waals surface area contributed by atoms with Crippen LogP contribution in [0.1, 0.15) is 37.8 Å². The highest BCUT2D eigenvalue weighted by Gasteiger charge is 2.21. The molecule has 0 radical (unpaired) electrons. The Labute approximate surface area is 157 Å². The van der Waals surface area contributed by atoms with E-state index in [1.807, 2.05) is 7.05 Å². The zero-order chi connectivity index (χ0) is 15.8. The van der Waals surface area contributed by atoms with Crippen molar-refractivity contribution < 1.29 is 4.74 Å². The first-order chi connectivity index (χ1) is 10.8. The number of halogens is 1. The van der Waals surface area contributed by atoms with Crippen LogP contribution in [0, 0.1) is 0 Å². The van der Waals surface area contributed by atoms with Crippen LogP contribution in [-0.4, -0.2) is 43.7 Å². The maximum atomic E-state index is 5.72. The van der Waals surface area contributed by atoms with Crippen LogP contribution in [0.4, 0.5) is 0 Å². The van der Waals surface area contributed by atoms with Crippen LogP contribution in [0.5, 0.6) is 0 Å². The molecule has 2 rings (SSSR count). The second-order valence-electron chi connectivity index (χ2n) is 5.66. The van der Waals surface area contributed by atoms with Crippen molar-refractivity contribution in [1.82, 2.24) is 10.2 Å². The Morgan fingerprint density at radius 1 is 1.22 bits per heavy atom. The van der Waals surface area contributed by atoms with Crippen LogP contribution >= 0.6 is 24.0 Å². The molecule has 1 aliphatic heterocycles. The number of guanidine groups is 1. The molecule has 0 aliphatic carbocycles. The Morgan fingerprint density at radius 3 is 2.43 bits per heavy atom. The predicted molar refractivity (Wildman–Crippen MR) is 108 cm³/mol. The van der Waals surface area contributed by atoms with Crippen LogP contribution in [0.2, 0.25) is 0 Å². The third kappa shape index (κ3) is 5.95. The lowest BCUT2D eigenvalue weighted by Crippen LogP contribution is -2.46. The van der Waals surface area contributed by atoms with Crippen LogP contribution in [-0.2, 0) is 17.7 Å². The van der Waals surface area contributed by atoms with Gasteiger partial charge < -0.3 is 15.0 Å². The highest BCUT2D eigenvalue weighted by molar-refractivity contribution is 14.0. The Morgan fingerprint density at radius 2 is 1.87 bits per heavy atom. The van der Waals surface area contributed by atoms with Gasteiger partial charge in [-0.1, -0.05) is 31.2 Å². The van der Waals surface area contributed by atoms with Crippen molar-refractivity contribution in [2.75, 3.05) is 26.7 Å². The van der Waals surface area contributed by atoms with Crippen molar-refractivity contribution in [2.24, 2.45) is 4.99 Å². The van der Waals surface area contributed by atoms with Gasteiger partial charge in [-0.15, -0.1) is 24.0 Å². The van der Waals surface area contributed by atoms with Gasteiger partial charge >= 0.3 is 0 Å². The first-order valence-corrected chi connectivity index (χ1v) is 8.42. The zero-order valence-electron chi connectivity index (χ0n) is 14.5. The molecule has 1 heterocycles. The van der Waals surface area contributed by atoms with Gasteiger partial charge in [-0.05, 0) is 37.3 Å². The lowest BCUT2D eigenvalue weighted by molar-refractivity contribution is 0.0263. The number of piperidine rings is 1. The van der Waals surface area contributed by atoms with E-state index in [4.69, 9.17) is 4.74 Å². The average Bonchev–Trinajstić information content (AvgIpc) is 2.57. The van der Waals surface area contributed by atoms with E-state index < -0.39 is 0 Å². The van der Waals surface area contributed by atoms with Crippen LogP contribution in [0.25, 0.3) is 0 Å². The lowest BCUT2D eigenvalue weighted by atomic mass is 10.1. The molecule has 1 fully saturated rings. The molecular formula is C18H30IN3O. The first kappa shape index (κ1) is 20.2. The third-order valence-electron chi connectivity index (χ3n) is 4.29. The number of aryl methyl sites for hydroxylation is 1. The smallest absolute Gasteiger partial charge is 0.193 e. The molecule has 1 saturated heterocycles. The lowest BCUT2D eigenvalue weighted by Gasteiger charge is -2.34. The first-order valence-electron chi connectivity index (χ1n) is 8.42. The number of likely N-dealkylation sites (tertiary alicyclic amines) is 1. The molecule has 0 spiro atoms. The van der Waals surface area contributed by atoms with Gasteiger partial charge in [-0.25, -0.2) is 0 Å². The van der Waals surface area contributed by atoms with E-state index in [1.54, 1.807) is 0 Å². The summed E-state index contributed by atoms with van der Waals surface area (Å²) in [6.45, 7) is 7.94. The SMILES string of the molecule is CCOC1CCN(C(=NC)NCc2ccccc2CC)CC1.I. The van der Waals surface area contributed by atoms with Crippen molar-refractivity contribution in [3.8, 4) is 0 Å². The van der Waals surface area contributed by atoms with Crippen molar-refractivity contribution in [2.45, 2.75) is 45.8 Å². The van der Waals surface area contributed by atoms with E-state index in [0.29, 0.717) is 6.10 Å². The summed E-state index contributed by atoms with van der Waals surface area (Å²) in [4.78, 5) is 6.78. The van der Waals surface area contributed by atoms with Crippen LogP contribution in [0.15, 0.2) is 29.3 Å². The Balaban J connectivity index is 0.00000264. The van der Waals surface area contributed by atoms with Gasteiger partial charge in [0.15, 0.2) is 5.96 Å². The fraction of sp³-hybridized carbons (Fsp3) is 0.611. The summed E-state index contributed by atoms with van der Waals surface area (Å²) in [5.74, 6) is 1.00. The van der Waals surface area contributed by atoms with Gasteiger partial charge in [0.1, 0.15) is 0 Å². The van der Waals surface area contributed by atoms with Gasteiger partial charge in [0.25, 0.3) is 0 Å². The van der Waals surface area contributed by atoms with E-state index in [1.165, 1.54) is 11.1 Å². The average molecular weight is 431 g/mol. The monoisotopic (exact) mass is 431 g/mol. The van der Waals surface area contributed by atoms with Gasteiger partial charge in [0, 0.05) is 33.3 Å². The molecule has 1 aromatic rings. The third-order valence-corrected chi connectivity index (χ3v) is 4.29. The summed E-state index contributed by atoms with van der Waals surface area (Å²) in [7, 11) is 1.86. The van der Waals surface area contributed by atoms with Gasteiger partial charge in [0.05, 0.1) is 6.10 Å². The minimum Gasteiger partial charge on any atom is -0.378 e. The number of nitrogens with zero attached hydrogens (tertiary/aromatic N) is 2. The van der Waals surface area contributed by atoms with Crippen molar-refractivity contribution in [3.05, 3.63) is 35.4 Å². The Hall–Kier alpha value is -0.820. The van der Waals surface area contributed by atoms with Gasteiger partial charge in [0.2, 0.25) is 0 Å². The standard InChI is InChI=1S/C18H29N3O.HI/c1-4-15-8-6-7-9-16(15)14-20-18(19-3)21-12-10-17(11-13-21)22-5-2;/h6-9,17H,4-5,10-14H2,1-3H3,(H,19,20);1H. The molecule has 23 heavy (non-hydrogen) atoms. The molecule has 0 amide bonds. The van der Waals surface area contributed by atoms with Crippen LogP contribution < -0.4 is 5.32 Å². The van der Waals surface area contributed by atoms with Gasteiger partial charge in [-0.3, -0.25) is 4.99 Å².